The Morgan fingerprint density at radius 3 is 1.37 bits per heavy atom. The number of thiocarbonyl (C=S) groups is 2. The van der Waals surface area contributed by atoms with Gasteiger partial charge in [-0.05, 0) is 0 Å². The molecule has 2 atom stereocenters. The van der Waals surface area contributed by atoms with Gasteiger partial charge in [0.2, 0.25) is 11.8 Å². The van der Waals surface area contributed by atoms with Gasteiger partial charge < -0.3 is 0 Å². The summed E-state index contributed by atoms with van der Waals surface area (Å²) in [7, 11) is -4.78. The predicted molar refractivity (Wildman–Crippen MR) is 225 cm³/mol. The Morgan fingerprint density at radius 1 is 0.667 bits per heavy atom. The number of nitrogens with zero attached hydrogens (tertiary/aromatic N) is 6. The normalized spacial score (nSPS) is 20.0. The third kappa shape index (κ3) is 12.8. The fraction of sp³-hybridized carbons (Fsp3) is 0.500. The van der Waals surface area contributed by atoms with Crippen LogP contribution in [0.2, 0.25) is 10.4 Å². The molecule has 2 aromatic rings. The zero-order valence-corrected chi connectivity index (χ0v) is 39.0. The maximum absolute atomic E-state index is 15.3. The molecular formula is C36H38As2F6N6O10S3. The number of carbonyl (C=O) groups is 4. The van der Waals surface area contributed by atoms with Crippen molar-refractivity contribution in [2.45, 2.75) is 35.5 Å². The molecular weight excluding hydrogens is 1040 g/mol. The first-order valence-electron chi connectivity index (χ1n) is 19.0. The number of hydrogen-bond acceptors (Lipinski definition) is 14. The Balaban J connectivity index is 0.889. The van der Waals surface area contributed by atoms with E-state index in [1.54, 1.807) is 9.80 Å². The van der Waals surface area contributed by atoms with Crippen LogP contribution in [0.1, 0.15) is 0 Å². The molecule has 2 aromatic carbocycles. The number of anilines is 4. The van der Waals surface area contributed by atoms with Crippen LogP contribution in [0.15, 0.2) is 36.4 Å². The van der Waals surface area contributed by atoms with Crippen molar-refractivity contribution >= 4 is 120 Å². The number of ether oxygens (including phenoxy) is 2. The number of carbonyl (C=O) groups excluding carboxylic acids is 4. The molecule has 4 heterocycles. The van der Waals surface area contributed by atoms with E-state index in [-0.39, 0.29) is 106 Å². The molecule has 6 rings (SSSR count). The van der Waals surface area contributed by atoms with Crippen LogP contribution in [0.4, 0.5) is 58.7 Å². The number of alkyl halides is 4. The van der Waals surface area contributed by atoms with Crippen LogP contribution < -0.4 is 19.6 Å². The summed E-state index contributed by atoms with van der Waals surface area (Å²) in [5.74, 6) is -2.71. The Morgan fingerprint density at radius 2 is 1.03 bits per heavy atom. The molecule has 0 aromatic heterocycles. The summed E-state index contributed by atoms with van der Waals surface area (Å²) in [6.45, 7) is -0.678. The van der Waals surface area contributed by atoms with Gasteiger partial charge in [-0.1, -0.05) is 0 Å². The van der Waals surface area contributed by atoms with Gasteiger partial charge in [0.25, 0.3) is 0 Å². The first-order valence-corrected chi connectivity index (χ1v) is 25.7. The van der Waals surface area contributed by atoms with E-state index in [9.17, 15) is 45.2 Å². The summed E-state index contributed by atoms with van der Waals surface area (Å²) in [5, 5.41) is 0.391. The van der Waals surface area contributed by atoms with E-state index in [4.69, 9.17) is 17.8 Å². The summed E-state index contributed by atoms with van der Waals surface area (Å²) in [4.78, 5) is 58.8. The average Bonchev–Trinajstić information content (AvgIpc) is 3.83. The van der Waals surface area contributed by atoms with Crippen molar-refractivity contribution in [3.63, 3.8) is 0 Å². The van der Waals surface area contributed by atoms with Crippen molar-refractivity contribution in [2.24, 2.45) is 0 Å². The van der Waals surface area contributed by atoms with Gasteiger partial charge >= 0.3 is 332 Å². The number of halogens is 6. The molecule has 2 radical (unpaired) electrons. The summed E-state index contributed by atoms with van der Waals surface area (Å²) in [6.07, 6.45) is -8.18. The number of cyclic esters (lactones) is 2. The van der Waals surface area contributed by atoms with Crippen LogP contribution >= 0.6 is 24.4 Å². The average molecular weight is 1070 g/mol. The van der Waals surface area contributed by atoms with E-state index in [0.717, 1.165) is 12.1 Å². The van der Waals surface area contributed by atoms with E-state index >= 15 is 8.78 Å². The van der Waals surface area contributed by atoms with Crippen molar-refractivity contribution < 1.29 is 71.8 Å². The fourth-order valence-electron chi connectivity index (χ4n) is 6.87. The van der Waals surface area contributed by atoms with Gasteiger partial charge in [0.05, 0.1) is 0 Å². The van der Waals surface area contributed by atoms with Crippen LogP contribution in [-0.4, -0.2) is 185 Å². The number of benzene rings is 2. The van der Waals surface area contributed by atoms with E-state index in [1.165, 1.54) is 43.9 Å². The van der Waals surface area contributed by atoms with Crippen molar-refractivity contribution in [3.8, 4) is 0 Å². The number of piperazine rings is 2. The van der Waals surface area contributed by atoms with Crippen molar-refractivity contribution in [2.75, 3.05) is 98.3 Å². The molecule has 27 heteroatoms. The Kier molecular flexibility index (Phi) is 16.6. The monoisotopic (exact) mass is 1070 g/mol. The number of hydrogen-bond donors (Lipinski definition) is 0. The molecule has 4 amide bonds. The maximum atomic E-state index is 15.3. The SMILES string of the molecule is O=C(COS(=O)(=O)OCC(=O)N1CCN(c2ccc(N3C[C@@H](C[As]C(=S)C(F)F)OC3=O)cc2F)CC1)N1CCN(c2ccc(N3C[C@@H](C[As]C(=S)C(F)F)OC3=O)cc2F)CC1. The Labute approximate surface area is 381 Å². The van der Waals surface area contributed by atoms with Gasteiger partial charge in [-0.3, -0.25) is 9.59 Å². The second-order valence-corrected chi connectivity index (χ2v) is 22.5. The van der Waals surface area contributed by atoms with Crippen LogP contribution in [0.5, 0.6) is 0 Å². The molecule has 4 fully saturated rings. The molecule has 4 aliphatic heterocycles. The van der Waals surface area contributed by atoms with Gasteiger partial charge in [0.15, 0.2) is 0 Å². The van der Waals surface area contributed by atoms with Gasteiger partial charge in [-0.25, -0.2) is 8.37 Å². The van der Waals surface area contributed by atoms with Gasteiger partial charge in [-0.2, -0.15) is 8.42 Å². The molecule has 0 unspecified atom stereocenters. The summed E-state index contributed by atoms with van der Waals surface area (Å²) >= 11 is 7.31. The van der Waals surface area contributed by atoms with Crippen LogP contribution in [-0.2, 0) is 37.8 Å². The molecule has 342 valence electrons. The molecule has 16 nitrogen and oxygen atoms in total. The second-order valence-electron chi connectivity index (χ2n) is 14.1. The summed E-state index contributed by atoms with van der Waals surface area (Å²) < 4.78 is 126. The first kappa shape index (κ1) is 48.7. The Hall–Kier alpha value is -3.73. The molecule has 4 saturated heterocycles. The van der Waals surface area contributed by atoms with Gasteiger partial charge in [0, 0.05) is 0 Å². The summed E-state index contributed by atoms with van der Waals surface area (Å²) in [5.41, 5.74) is 0.823. The van der Waals surface area contributed by atoms with E-state index < -0.39 is 116 Å². The van der Waals surface area contributed by atoms with Crippen molar-refractivity contribution in [1.82, 2.24) is 9.80 Å². The second kappa shape index (κ2) is 21.5. The standard InChI is InChI=1S/C36H38As2F6N6O10S3/c39-25-13-21(49-17-23(59-35(49)53)15-37-31(61)33(41)42)1-3-27(25)45-5-9-47(10-6-45)29(51)19-57-63(55,56)58-20-30(52)48-11-7-46(8-12-48)28-4-2-22(14-26(28)40)50-18-24(60-36(50)54)16-38-32(62)34(43)44/h1-4,13-14,23-24,33-34H,5-12,15-20H2/t23-,24-/m1/s1. The molecule has 0 spiro atoms. The number of amides is 4. The fourth-order valence-corrected chi connectivity index (χ4v) is 11.2. The number of rotatable bonds is 18. The molecule has 0 bridgehead atoms. The third-order valence-electron chi connectivity index (χ3n) is 10.1. The topological polar surface area (TPSA) is 159 Å². The van der Waals surface area contributed by atoms with E-state index in [1.807, 2.05) is 0 Å². The Bertz CT molecular complexity index is 2050. The third-order valence-corrected chi connectivity index (χ3v) is 17.2. The minimum absolute atomic E-state index is 0.0547. The van der Waals surface area contributed by atoms with E-state index in [0.29, 0.717) is 0 Å². The molecule has 0 aliphatic carbocycles. The zero-order chi connectivity index (χ0) is 45.6. The van der Waals surface area contributed by atoms with Crippen LogP contribution in [0, 0.1) is 11.6 Å². The molecule has 63 heavy (non-hydrogen) atoms. The predicted octanol–water partition coefficient (Wildman–Crippen LogP) is 3.32. The molecule has 0 saturated carbocycles. The van der Waals surface area contributed by atoms with E-state index in [2.05, 4.69) is 24.4 Å². The van der Waals surface area contributed by atoms with Crippen LogP contribution in [0.25, 0.3) is 0 Å². The van der Waals surface area contributed by atoms with Gasteiger partial charge in [0.1, 0.15) is 13.2 Å². The van der Waals surface area contributed by atoms with Crippen molar-refractivity contribution in [3.05, 3.63) is 48.0 Å². The molecule has 4 aliphatic rings. The van der Waals surface area contributed by atoms with Crippen molar-refractivity contribution in [1.29, 1.82) is 0 Å². The summed E-state index contributed by atoms with van der Waals surface area (Å²) in [6, 6.07) is 8.26. The molecule has 0 N–H and O–H groups in total. The minimum atomic E-state index is -4.78. The zero-order valence-electron chi connectivity index (χ0n) is 32.8. The van der Waals surface area contributed by atoms with Crippen LogP contribution in [0.3, 0.4) is 0 Å². The first-order chi connectivity index (χ1) is 29.9. The quantitative estimate of drug-likeness (QED) is 0.122. The van der Waals surface area contributed by atoms with Gasteiger partial charge in [-0.15, -0.1) is 0 Å².